The van der Waals surface area contributed by atoms with Crippen LogP contribution in [0.3, 0.4) is 0 Å². The van der Waals surface area contributed by atoms with Gasteiger partial charge in [-0.3, -0.25) is 0 Å². The fraction of sp³-hybridized carbons (Fsp3) is 0.500. The Morgan fingerprint density at radius 3 is 2.46 bits per heavy atom. The van der Waals surface area contributed by atoms with Crippen molar-refractivity contribution in [1.82, 2.24) is 0 Å². The second-order valence-corrected chi connectivity index (χ2v) is 3.45. The van der Waals surface area contributed by atoms with E-state index in [1.807, 2.05) is 24.3 Å². The Morgan fingerprint density at radius 1 is 1.38 bits per heavy atom. The van der Waals surface area contributed by atoms with E-state index >= 15 is 0 Å². The van der Waals surface area contributed by atoms with Crippen molar-refractivity contribution in [2.75, 3.05) is 0 Å². The van der Waals surface area contributed by atoms with Crippen LogP contribution in [0.2, 0.25) is 0 Å². The Bertz CT molecular complexity index is 228. The zero-order chi connectivity index (χ0) is 9.68. The molecule has 1 aromatic rings. The molecule has 0 bridgehead atoms. The molecular weight excluding hydrogens is 163 g/mol. The van der Waals surface area contributed by atoms with E-state index in [2.05, 4.69) is 13.0 Å². The Hall–Kier alpha value is -0.850. The minimum absolute atomic E-state index is 0.356. The van der Waals surface area contributed by atoms with E-state index in [9.17, 15) is 4.39 Å². The summed E-state index contributed by atoms with van der Waals surface area (Å²) in [5, 5.41) is 0. The highest BCUT2D eigenvalue weighted by atomic mass is 19.1. The average Bonchev–Trinajstić information content (AvgIpc) is 2.15. The van der Waals surface area contributed by atoms with Crippen molar-refractivity contribution in [3.63, 3.8) is 0 Å². The normalized spacial score (nSPS) is 15.3. The molecule has 0 N–H and O–H groups in total. The molecule has 13 heavy (non-hydrogen) atoms. The summed E-state index contributed by atoms with van der Waals surface area (Å²) in [5.74, 6) is 0.356. The van der Waals surface area contributed by atoms with Crippen LogP contribution in [0.25, 0.3) is 0 Å². The standard InChI is InChI=1S/C12H16F/c1-3-11(9-10(2)13)12-7-5-4-6-8-12/h5-8,10-11H,3,9H2,1-2H3. The molecule has 0 aliphatic rings. The molecular formula is C12H16F. The fourth-order valence-electron chi connectivity index (χ4n) is 1.60. The molecule has 1 aromatic carbocycles. The summed E-state index contributed by atoms with van der Waals surface area (Å²) in [5.41, 5.74) is 1.23. The molecule has 0 nitrogen and oxygen atoms in total. The lowest BCUT2D eigenvalue weighted by atomic mass is 9.92. The maximum atomic E-state index is 12.8. The zero-order valence-electron chi connectivity index (χ0n) is 8.26. The van der Waals surface area contributed by atoms with Gasteiger partial charge in [-0.25, -0.2) is 4.39 Å². The van der Waals surface area contributed by atoms with Crippen molar-refractivity contribution >= 4 is 0 Å². The molecule has 1 rings (SSSR count). The van der Waals surface area contributed by atoms with Gasteiger partial charge in [-0.05, 0) is 37.3 Å². The molecule has 0 fully saturated rings. The first-order valence-corrected chi connectivity index (χ1v) is 4.84. The first kappa shape index (κ1) is 10.2. The fourth-order valence-corrected chi connectivity index (χ4v) is 1.60. The van der Waals surface area contributed by atoms with Gasteiger partial charge in [0.1, 0.15) is 0 Å². The van der Waals surface area contributed by atoms with E-state index in [-0.39, 0.29) is 0 Å². The Labute approximate surface area is 79.8 Å². The van der Waals surface area contributed by atoms with Crippen LogP contribution < -0.4 is 0 Å². The Morgan fingerprint density at radius 2 is 2.00 bits per heavy atom. The van der Waals surface area contributed by atoms with Gasteiger partial charge in [0, 0.05) is 0 Å². The number of alkyl halides is 1. The van der Waals surface area contributed by atoms with E-state index in [1.165, 1.54) is 5.56 Å². The van der Waals surface area contributed by atoms with Crippen molar-refractivity contribution < 1.29 is 4.39 Å². The average molecular weight is 179 g/mol. The molecule has 0 saturated heterocycles. The molecule has 1 heteroatoms. The second kappa shape index (κ2) is 5.00. The minimum Gasteiger partial charge on any atom is -0.248 e. The largest absolute Gasteiger partial charge is 0.248 e. The molecule has 0 aliphatic carbocycles. The summed E-state index contributed by atoms with van der Waals surface area (Å²) < 4.78 is 12.8. The zero-order valence-corrected chi connectivity index (χ0v) is 8.26. The summed E-state index contributed by atoms with van der Waals surface area (Å²) in [6.45, 7) is 3.72. The summed E-state index contributed by atoms with van der Waals surface area (Å²) in [4.78, 5) is 0. The van der Waals surface area contributed by atoms with Gasteiger partial charge in [0.2, 0.25) is 0 Å². The third kappa shape index (κ3) is 3.17. The number of rotatable bonds is 4. The molecule has 0 aliphatic heterocycles. The summed E-state index contributed by atoms with van der Waals surface area (Å²) in [6, 6.07) is 10.8. The van der Waals surface area contributed by atoms with Crippen molar-refractivity contribution in [2.45, 2.75) is 38.8 Å². The summed E-state index contributed by atoms with van der Waals surface area (Å²) in [6.07, 6.45) is 0.910. The molecule has 0 spiro atoms. The topological polar surface area (TPSA) is 0 Å². The minimum atomic E-state index is -0.714. The lowest BCUT2D eigenvalue weighted by molar-refractivity contribution is 0.316. The quantitative estimate of drug-likeness (QED) is 0.660. The molecule has 0 heterocycles. The van der Waals surface area contributed by atoms with Crippen molar-refractivity contribution in [3.8, 4) is 0 Å². The summed E-state index contributed by atoms with van der Waals surface area (Å²) in [7, 11) is 0. The predicted octanol–water partition coefficient (Wildman–Crippen LogP) is 3.73. The van der Waals surface area contributed by atoms with E-state index < -0.39 is 6.17 Å². The van der Waals surface area contributed by atoms with Gasteiger partial charge in [-0.2, -0.15) is 0 Å². The van der Waals surface area contributed by atoms with Gasteiger partial charge in [-0.1, -0.05) is 31.2 Å². The highest BCUT2D eigenvalue weighted by molar-refractivity contribution is 5.18. The monoisotopic (exact) mass is 179 g/mol. The van der Waals surface area contributed by atoms with E-state index in [0.717, 1.165) is 6.42 Å². The molecule has 0 aromatic heterocycles. The van der Waals surface area contributed by atoms with Crippen LogP contribution in [-0.2, 0) is 0 Å². The molecule has 71 valence electrons. The lowest BCUT2D eigenvalue weighted by Crippen LogP contribution is -2.04. The number of benzene rings is 1. The summed E-state index contributed by atoms with van der Waals surface area (Å²) >= 11 is 0. The molecule has 2 atom stereocenters. The van der Waals surface area contributed by atoms with Crippen LogP contribution in [0.15, 0.2) is 24.3 Å². The Balaban J connectivity index is 2.67. The molecule has 1 radical (unpaired) electrons. The second-order valence-electron chi connectivity index (χ2n) is 3.45. The SMILES string of the molecule is CCC(CC(C)F)c1cc[c]cc1. The van der Waals surface area contributed by atoms with Gasteiger partial charge >= 0.3 is 0 Å². The van der Waals surface area contributed by atoms with Crippen LogP contribution in [-0.4, -0.2) is 6.17 Å². The van der Waals surface area contributed by atoms with Gasteiger partial charge in [0.15, 0.2) is 0 Å². The van der Waals surface area contributed by atoms with Gasteiger partial charge < -0.3 is 0 Å². The molecule has 2 unspecified atom stereocenters. The highest BCUT2D eigenvalue weighted by Gasteiger charge is 2.12. The first-order chi connectivity index (χ1) is 6.24. The smallest absolute Gasteiger partial charge is 0.0979 e. The third-order valence-electron chi connectivity index (χ3n) is 2.32. The molecule has 0 amide bonds. The van der Waals surface area contributed by atoms with Crippen LogP contribution in [0.5, 0.6) is 0 Å². The van der Waals surface area contributed by atoms with Crippen LogP contribution in [0.1, 0.15) is 38.2 Å². The van der Waals surface area contributed by atoms with Gasteiger partial charge in [0.05, 0.1) is 6.17 Å². The highest BCUT2D eigenvalue weighted by Crippen LogP contribution is 2.25. The van der Waals surface area contributed by atoms with Crippen molar-refractivity contribution in [2.24, 2.45) is 0 Å². The van der Waals surface area contributed by atoms with E-state index in [4.69, 9.17) is 0 Å². The van der Waals surface area contributed by atoms with Gasteiger partial charge in [0.25, 0.3) is 0 Å². The maximum Gasteiger partial charge on any atom is 0.0979 e. The van der Waals surface area contributed by atoms with E-state index in [1.54, 1.807) is 6.92 Å². The predicted molar refractivity (Wildman–Crippen MR) is 53.5 cm³/mol. The van der Waals surface area contributed by atoms with Gasteiger partial charge in [-0.15, -0.1) is 0 Å². The first-order valence-electron chi connectivity index (χ1n) is 4.84. The van der Waals surface area contributed by atoms with Crippen molar-refractivity contribution in [1.29, 1.82) is 0 Å². The number of hydrogen-bond acceptors (Lipinski definition) is 0. The molecule has 0 saturated carbocycles. The number of halogens is 1. The van der Waals surface area contributed by atoms with Crippen molar-refractivity contribution in [3.05, 3.63) is 35.9 Å². The Kier molecular flexibility index (Phi) is 3.94. The van der Waals surface area contributed by atoms with Crippen LogP contribution >= 0.6 is 0 Å². The maximum absolute atomic E-state index is 12.8. The van der Waals surface area contributed by atoms with E-state index in [0.29, 0.717) is 12.3 Å². The van der Waals surface area contributed by atoms with Crippen LogP contribution in [0.4, 0.5) is 4.39 Å². The third-order valence-corrected chi connectivity index (χ3v) is 2.32. The number of hydrogen-bond donors (Lipinski definition) is 0. The lowest BCUT2D eigenvalue weighted by Gasteiger charge is -2.15. The van der Waals surface area contributed by atoms with Crippen LogP contribution in [0, 0.1) is 6.07 Å².